The van der Waals surface area contributed by atoms with Crippen molar-refractivity contribution < 1.29 is 14.3 Å². The van der Waals surface area contributed by atoms with Crippen molar-refractivity contribution in [2.45, 2.75) is 12.8 Å². The summed E-state index contributed by atoms with van der Waals surface area (Å²) in [5, 5.41) is 1.96. The second-order valence-electron chi connectivity index (χ2n) is 4.10. The van der Waals surface area contributed by atoms with Gasteiger partial charge in [0.1, 0.15) is 0 Å². The van der Waals surface area contributed by atoms with Crippen molar-refractivity contribution in [1.82, 2.24) is 4.90 Å². The number of amides is 1. The van der Waals surface area contributed by atoms with E-state index in [0.717, 1.165) is 4.88 Å². The van der Waals surface area contributed by atoms with Crippen LogP contribution in [0.5, 0.6) is 0 Å². The Morgan fingerprint density at radius 2 is 2.41 bits per heavy atom. The van der Waals surface area contributed by atoms with Gasteiger partial charge in [-0.3, -0.25) is 9.59 Å². The SMILES string of the molecule is COC(=O)C1CCN(C(=O)Cc2cccs2)C1. The van der Waals surface area contributed by atoms with Gasteiger partial charge < -0.3 is 9.64 Å². The molecule has 92 valence electrons. The first-order valence-corrected chi connectivity index (χ1v) is 6.46. The second kappa shape index (κ2) is 5.31. The normalized spacial score (nSPS) is 19.4. The van der Waals surface area contributed by atoms with E-state index in [1.807, 2.05) is 17.5 Å². The van der Waals surface area contributed by atoms with Crippen LogP contribution < -0.4 is 0 Å². The summed E-state index contributed by atoms with van der Waals surface area (Å²) in [6.45, 7) is 1.15. The van der Waals surface area contributed by atoms with Gasteiger partial charge >= 0.3 is 5.97 Å². The molecule has 2 rings (SSSR count). The van der Waals surface area contributed by atoms with Crippen LogP contribution in [0.2, 0.25) is 0 Å². The molecule has 1 saturated heterocycles. The van der Waals surface area contributed by atoms with E-state index in [1.165, 1.54) is 7.11 Å². The van der Waals surface area contributed by atoms with Crippen LogP contribution in [0.3, 0.4) is 0 Å². The van der Waals surface area contributed by atoms with Gasteiger partial charge in [-0.1, -0.05) is 6.07 Å². The number of likely N-dealkylation sites (tertiary alicyclic amines) is 1. The number of carbonyl (C=O) groups excluding carboxylic acids is 2. The average Bonchev–Trinajstić information content (AvgIpc) is 2.98. The first-order valence-electron chi connectivity index (χ1n) is 5.58. The zero-order valence-electron chi connectivity index (χ0n) is 9.72. The molecule has 1 unspecified atom stereocenters. The van der Waals surface area contributed by atoms with E-state index in [0.29, 0.717) is 25.9 Å². The Balaban J connectivity index is 1.88. The van der Waals surface area contributed by atoms with Crippen molar-refractivity contribution in [2.75, 3.05) is 20.2 Å². The highest BCUT2D eigenvalue weighted by atomic mass is 32.1. The molecule has 0 spiro atoms. The molecule has 1 aromatic heterocycles. The summed E-state index contributed by atoms with van der Waals surface area (Å²) in [6, 6.07) is 3.89. The lowest BCUT2D eigenvalue weighted by molar-refractivity contribution is -0.145. The predicted molar refractivity (Wildman–Crippen MR) is 64.7 cm³/mol. The molecule has 1 aliphatic heterocycles. The van der Waals surface area contributed by atoms with E-state index in [-0.39, 0.29) is 17.8 Å². The number of thiophene rings is 1. The van der Waals surface area contributed by atoms with Crippen LogP contribution in [0.15, 0.2) is 17.5 Å². The minimum absolute atomic E-state index is 0.0962. The molecule has 0 aromatic carbocycles. The van der Waals surface area contributed by atoms with E-state index in [9.17, 15) is 9.59 Å². The monoisotopic (exact) mass is 253 g/mol. The molecule has 0 saturated carbocycles. The molecule has 0 radical (unpaired) electrons. The Bertz CT molecular complexity index is 402. The fourth-order valence-corrected chi connectivity index (χ4v) is 2.72. The van der Waals surface area contributed by atoms with Crippen molar-refractivity contribution in [2.24, 2.45) is 5.92 Å². The molecule has 1 fully saturated rings. The molecule has 1 atom stereocenters. The van der Waals surface area contributed by atoms with Crippen LogP contribution in [0.25, 0.3) is 0 Å². The van der Waals surface area contributed by atoms with Crippen LogP contribution in [0, 0.1) is 5.92 Å². The summed E-state index contributed by atoms with van der Waals surface area (Å²) in [6.07, 6.45) is 1.15. The Hall–Kier alpha value is -1.36. The summed E-state index contributed by atoms with van der Waals surface area (Å²) in [5.74, 6) is -0.262. The third-order valence-corrected chi connectivity index (χ3v) is 3.86. The first kappa shape index (κ1) is 12.1. The summed E-state index contributed by atoms with van der Waals surface area (Å²) < 4.78 is 4.69. The number of hydrogen-bond acceptors (Lipinski definition) is 4. The summed E-state index contributed by atoms with van der Waals surface area (Å²) >= 11 is 1.58. The largest absolute Gasteiger partial charge is 0.469 e. The zero-order valence-corrected chi connectivity index (χ0v) is 10.5. The number of methoxy groups -OCH3 is 1. The Labute approximate surface area is 104 Å². The van der Waals surface area contributed by atoms with Gasteiger partial charge in [0.25, 0.3) is 0 Å². The maximum Gasteiger partial charge on any atom is 0.310 e. The quantitative estimate of drug-likeness (QED) is 0.763. The topological polar surface area (TPSA) is 46.6 Å². The van der Waals surface area contributed by atoms with Gasteiger partial charge in [-0.15, -0.1) is 11.3 Å². The zero-order chi connectivity index (χ0) is 12.3. The lowest BCUT2D eigenvalue weighted by Crippen LogP contribution is -2.31. The molecule has 4 nitrogen and oxygen atoms in total. The second-order valence-corrected chi connectivity index (χ2v) is 5.14. The number of rotatable bonds is 3. The summed E-state index contributed by atoms with van der Waals surface area (Å²) in [5.41, 5.74) is 0. The molecule has 0 aliphatic carbocycles. The third kappa shape index (κ3) is 2.85. The average molecular weight is 253 g/mol. The van der Waals surface area contributed by atoms with Crippen LogP contribution in [-0.4, -0.2) is 37.0 Å². The number of hydrogen-bond donors (Lipinski definition) is 0. The molecular formula is C12H15NO3S. The highest BCUT2D eigenvalue weighted by Crippen LogP contribution is 2.19. The Morgan fingerprint density at radius 3 is 3.06 bits per heavy atom. The van der Waals surface area contributed by atoms with Gasteiger partial charge in [-0.05, 0) is 17.9 Å². The highest BCUT2D eigenvalue weighted by molar-refractivity contribution is 7.10. The van der Waals surface area contributed by atoms with Crippen molar-refractivity contribution in [3.63, 3.8) is 0 Å². The number of esters is 1. The fourth-order valence-electron chi connectivity index (χ4n) is 2.02. The molecule has 1 aromatic rings. The van der Waals surface area contributed by atoms with E-state index < -0.39 is 0 Å². The van der Waals surface area contributed by atoms with Crippen LogP contribution >= 0.6 is 11.3 Å². The number of ether oxygens (including phenoxy) is 1. The van der Waals surface area contributed by atoms with Gasteiger partial charge in [0.05, 0.1) is 19.4 Å². The van der Waals surface area contributed by atoms with Crippen LogP contribution in [-0.2, 0) is 20.7 Å². The van der Waals surface area contributed by atoms with Gasteiger partial charge in [0.15, 0.2) is 0 Å². The van der Waals surface area contributed by atoms with Crippen molar-refractivity contribution >= 4 is 23.2 Å². The number of nitrogens with zero attached hydrogens (tertiary/aromatic N) is 1. The van der Waals surface area contributed by atoms with Gasteiger partial charge in [-0.25, -0.2) is 0 Å². The minimum atomic E-state index is -0.212. The molecule has 1 aliphatic rings. The number of carbonyl (C=O) groups is 2. The van der Waals surface area contributed by atoms with E-state index in [2.05, 4.69) is 0 Å². The summed E-state index contributed by atoms with van der Waals surface area (Å²) in [7, 11) is 1.39. The van der Waals surface area contributed by atoms with Crippen molar-refractivity contribution in [3.8, 4) is 0 Å². The lowest BCUT2D eigenvalue weighted by atomic mass is 10.1. The first-order chi connectivity index (χ1) is 8.20. The maximum absolute atomic E-state index is 11.9. The molecule has 2 heterocycles. The molecule has 17 heavy (non-hydrogen) atoms. The van der Waals surface area contributed by atoms with Gasteiger partial charge in [-0.2, -0.15) is 0 Å². The third-order valence-electron chi connectivity index (χ3n) is 2.98. The molecule has 5 heteroatoms. The fraction of sp³-hybridized carbons (Fsp3) is 0.500. The Morgan fingerprint density at radius 1 is 1.59 bits per heavy atom. The highest BCUT2D eigenvalue weighted by Gasteiger charge is 2.31. The lowest BCUT2D eigenvalue weighted by Gasteiger charge is -2.15. The maximum atomic E-state index is 11.9. The van der Waals surface area contributed by atoms with E-state index >= 15 is 0 Å². The smallest absolute Gasteiger partial charge is 0.310 e. The molecule has 0 bridgehead atoms. The predicted octanol–water partition coefficient (Wildman–Crippen LogP) is 1.31. The molecule has 0 N–H and O–H groups in total. The standard InChI is InChI=1S/C12H15NO3S/c1-16-12(15)9-4-5-13(8-9)11(14)7-10-3-2-6-17-10/h2-3,6,9H,4-5,7-8H2,1H3. The van der Waals surface area contributed by atoms with Crippen LogP contribution in [0.1, 0.15) is 11.3 Å². The molecular weight excluding hydrogens is 238 g/mol. The van der Waals surface area contributed by atoms with Gasteiger partial charge in [0, 0.05) is 18.0 Å². The Kier molecular flexibility index (Phi) is 3.78. The van der Waals surface area contributed by atoms with Crippen molar-refractivity contribution in [1.29, 1.82) is 0 Å². The van der Waals surface area contributed by atoms with Gasteiger partial charge in [0.2, 0.25) is 5.91 Å². The van der Waals surface area contributed by atoms with E-state index in [1.54, 1.807) is 16.2 Å². The van der Waals surface area contributed by atoms with E-state index in [4.69, 9.17) is 4.74 Å². The van der Waals surface area contributed by atoms with Crippen LogP contribution in [0.4, 0.5) is 0 Å². The summed E-state index contributed by atoms with van der Waals surface area (Å²) in [4.78, 5) is 26.1. The van der Waals surface area contributed by atoms with Crippen molar-refractivity contribution in [3.05, 3.63) is 22.4 Å². The molecule has 1 amide bonds. The minimum Gasteiger partial charge on any atom is -0.469 e.